The molecule has 2 saturated carbocycles. The Labute approximate surface area is 550 Å². The van der Waals surface area contributed by atoms with Gasteiger partial charge >= 0.3 is 17.9 Å². The Balaban J connectivity index is 0.00000602. The smallest absolute Gasteiger partial charge is 0.338 e. The molecular formula is C66H79Ac2NO12. The molecule has 0 spiro atoms. The van der Waals surface area contributed by atoms with Crippen LogP contribution in [0.5, 0.6) is 0 Å². The molecule has 13 nitrogen and oxygen atoms in total. The fourth-order valence-electron chi connectivity index (χ4n) is 11.9. The van der Waals surface area contributed by atoms with E-state index < -0.39 is 106 Å². The number of hydrogen-bond acceptors (Lipinski definition) is 12. The Morgan fingerprint density at radius 1 is 0.716 bits per heavy atom. The van der Waals surface area contributed by atoms with Crippen molar-refractivity contribution in [1.82, 2.24) is 5.32 Å². The van der Waals surface area contributed by atoms with Gasteiger partial charge in [0.1, 0.15) is 35.6 Å². The van der Waals surface area contributed by atoms with Crippen molar-refractivity contribution < 1.29 is 146 Å². The molecule has 11 unspecified atom stereocenters. The van der Waals surface area contributed by atoms with Crippen LogP contribution in [0.25, 0.3) is 0 Å². The van der Waals surface area contributed by atoms with Crippen LogP contribution in [-0.2, 0) is 33.3 Å². The minimum Gasteiger partial charge on any atom is -0.461 e. The van der Waals surface area contributed by atoms with Crippen molar-refractivity contribution in [3.8, 4) is 0 Å². The fraction of sp³-hybridized carbons (Fsp3) is 0.439. The third-order valence-electron chi connectivity index (χ3n) is 16.6. The molecular weight excluding hydrogens is 1450 g/mol. The number of ether oxygens (including phenoxy) is 4. The van der Waals surface area contributed by atoms with E-state index in [1.54, 1.807) is 100 Å². The van der Waals surface area contributed by atoms with Crippen LogP contribution in [0.4, 0.5) is 0 Å². The average molecular weight is 1530 g/mol. The number of rotatable bonds is 23. The second-order valence-corrected chi connectivity index (χ2v) is 22.0. The SMILES string of the molecule is CC/C=C\C/C=C\C/C=C\C/C=C\C/C=C\C/C=C\CCC(=O)OC1CC2OCC2(O)C2C(OC(=O)c3ccccc3)C3(O)CC(OC(=O)C(C)C(NC(=O)c4ccccc4)c4ccccc4)C(C)=C(C(O)C(=O)C12C)C3(C)C.[Ac].[Ac]. The zero-order valence-electron chi connectivity index (χ0n) is 47.7. The van der Waals surface area contributed by atoms with Gasteiger partial charge in [0.25, 0.3) is 5.91 Å². The van der Waals surface area contributed by atoms with Gasteiger partial charge in [0.2, 0.25) is 0 Å². The number of nitrogens with one attached hydrogen (secondary N) is 1. The van der Waals surface area contributed by atoms with Crippen molar-refractivity contribution in [3.05, 3.63) is 192 Å². The summed E-state index contributed by atoms with van der Waals surface area (Å²) in [5.41, 5.74) is -6.41. The minimum absolute atomic E-state index is 0. The molecule has 1 heterocycles. The third-order valence-corrected chi connectivity index (χ3v) is 16.6. The van der Waals surface area contributed by atoms with E-state index in [0.717, 1.165) is 32.1 Å². The number of fused-ring (bicyclic) bond motifs is 5. The first kappa shape index (κ1) is 67.9. The van der Waals surface area contributed by atoms with Gasteiger partial charge in [0.15, 0.2) is 5.78 Å². The largest absolute Gasteiger partial charge is 0.461 e. The first-order chi connectivity index (χ1) is 37.9. The second-order valence-electron chi connectivity index (χ2n) is 22.0. The molecule has 81 heavy (non-hydrogen) atoms. The molecule has 4 N–H and O–H groups in total. The maximum atomic E-state index is 15.6. The average Bonchev–Trinajstić information content (AvgIpc) is 2.31. The normalized spacial score (nSPS) is 27.6. The zero-order chi connectivity index (χ0) is 56.8. The van der Waals surface area contributed by atoms with E-state index in [2.05, 4.69) is 66.9 Å². The molecule has 1 saturated heterocycles. The predicted octanol–water partition coefficient (Wildman–Crippen LogP) is 10.9. The third kappa shape index (κ3) is 15.7. The van der Waals surface area contributed by atoms with E-state index in [-0.39, 0.29) is 124 Å². The number of carbonyl (C=O) groups is 5. The Morgan fingerprint density at radius 3 is 1.74 bits per heavy atom. The molecule has 15 heteroatoms. The van der Waals surface area contributed by atoms with Crippen molar-refractivity contribution >= 4 is 29.6 Å². The Hall–Kier alpha value is -3.89. The van der Waals surface area contributed by atoms with E-state index in [9.17, 15) is 34.5 Å². The van der Waals surface area contributed by atoms with Crippen LogP contribution >= 0.6 is 0 Å². The summed E-state index contributed by atoms with van der Waals surface area (Å²) >= 11 is 0. The summed E-state index contributed by atoms with van der Waals surface area (Å²) in [5, 5.41) is 42.3. The molecule has 1 amide bonds. The van der Waals surface area contributed by atoms with E-state index in [1.165, 1.54) is 19.1 Å². The molecule has 3 aromatic rings. The number of aliphatic hydroxyl groups excluding tert-OH is 1. The van der Waals surface area contributed by atoms with Crippen molar-refractivity contribution in [2.45, 2.75) is 154 Å². The van der Waals surface area contributed by atoms with E-state index in [0.29, 0.717) is 24.0 Å². The molecule has 426 valence electrons. The molecule has 3 aromatic carbocycles. The molecule has 1 aliphatic heterocycles. The van der Waals surface area contributed by atoms with Crippen LogP contribution < -0.4 is 5.32 Å². The van der Waals surface area contributed by atoms with E-state index in [1.807, 2.05) is 24.3 Å². The molecule has 4 aliphatic rings. The summed E-state index contributed by atoms with van der Waals surface area (Å²) in [6.07, 6.45) is 22.8. The van der Waals surface area contributed by atoms with Gasteiger partial charge in [0, 0.05) is 124 Å². The van der Waals surface area contributed by atoms with Gasteiger partial charge in [-0.05, 0) is 107 Å². The number of hydrogen-bond donors (Lipinski definition) is 4. The Bertz CT molecular complexity index is 2830. The van der Waals surface area contributed by atoms with Gasteiger partial charge in [-0.2, -0.15) is 0 Å². The standard InChI is InChI=1S/C66H79NO12.2Ac/c1-7-8-9-10-11-12-13-14-15-16-17-18-19-20-21-22-23-24-34-41-53(68)78-51-42-52-65(74,44-76-52)57-59(79-62(73)49-39-32-27-33-40-49)66(75)43-50(45(2)54(63(66,4)5)56(69)58(70)64(51,57)6)77-61(72)46(3)55(47-35-28-25-29-36-47)67-60(71)48-37-30-26-31-38-48;;/h8-9,11-12,14-15,17-18,20-21,23-33,35-40,46,50-52,55-57,59,69,74-75H,7,10,13,16,19,22,34,41-44H2,1-6H3,(H,67,71);;/b9-8-,12-11-,15-14-,18-17-,21-20-,24-23-;;. The molecule has 11 atom stereocenters. The first-order valence-electron chi connectivity index (χ1n) is 27.9. The van der Waals surface area contributed by atoms with Crippen LogP contribution in [-0.4, -0.2) is 93.2 Å². The Kier molecular flexibility index (Phi) is 26.2. The number of carbonyl (C=O) groups excluding carboxylic acids is 5. The van der Waals surface area contributed by atoms with Crippen LogP contribution in [0.2, 0.25) is 0 Å². The van der Waals surface area contributed by atoms with Gasteiger partial charge in [-0.3, -0.25) is 19.2 Å². The van der Waals surface area contributed by atoms with Crippen molar-refractivity contribution in [2.24, 2.45) is 22.7 Å². The maximum absolute atomic E-state index is 15.6. The Morgan fingerprint density at radius 2 is 1.22 bits per heavy atom. The van der Waals surface area contributed by atoms with Gasteiger partial charge in [0.05, 0.1) is 35.6 Å². The molecule has 7 rings (SSSR count). The number of amides is 1. The molecule has 3 aliphatic carbocycles. The van der Waals surface area contributed by atoms with Gasteiger partial charge in [-0.25, -0.2) is 4.79 Å². The number of ketones is 1. The molecule has 3 fully saturated rings. The number of aliphatic hydroxyl groups is 3. The van der Waals surface area contributed by atoms with Crippen LogP contribution in [0.15, 0.2) is 175 Å². The summed E-state index contributed by atoms with van der Waals surface area (Å²) in [5.74, 6) is -6.12. The monoisotopic (exact) mass is 1530 g/mol. The molecule has 2 radical (unpaired) electrons. The second kappa shape index (κ2) is 31.3. The quantitative estimate of drug-likeness (QED) is 0.0399. The zero-order valence-corrected chi connectivity index (χ0v) is 57.1. The number of benzene rings is 3. The van der Waals surface area contributed by atoms with Gasteiger partial charge in [-0.15, -0.1) is 0 Å². The fourth-order valence-corrected chi connectivity index (χ4v) is 11.9. The van der Waals surface area contributed by atoms with E-state index in [4.69, 9.17) is 18.9 Å². The van der Waals surface area contributed by atoms with Gasteiger partial charge in [-0.1, -0.05) is 160 Å². The topological polar surface area (TPSA) is 195 Å². The minimum atomic E-state index is -2.30. The summed E-state index contributed by atoms with van der Waals surface area (Å²) in [7, 11) is 0. The summed E-state index contributed by atoms with van der Waals surface area (Å²) < 4.78 is 25.1. The van der Waals surface area contributed by atoms with Crippen LogP contribution in [0, 0.1) is 111 Å². The number of allylic oxidation sites excluding steroid dienone is 12. The number of Topliss-reactive ketones (excluding diaryl/α,β-unsaturated/α-hetero) is 1. The molecule has 0 aromatic heterocycles. The molecule has 2 bridgehead atoms. The van der Waals surface area contributed by atoms with E-state index >= 15 is 4.79 Å². The van der Waals surface area contributed by atoms with Crippen LogP contribution in [0.3, 0.4) is 0 Å². The first-order valence-corrected chi connectivity index (χ1v) is 27.9. The van der Waals surface area contributed by atoms with Crippen molar-refractivity contribution in [2.75, 3.05) is 6.61 Å². The summed E-state index contributed by atoms with van der Waals surface area (Å²) in [6, 6.07) is 24.7. The van der Waals surface area contributed by atoms with Crippen molar-refractivity contribution in [1.29, 1.82) is 0 Å². The van der Waals surface area contributed by atoms with Crippen molar-refractivity contribution in [3.63, 3.8) is 0 Å². The van der Waals surface area contributed by atoms with Gasteiger partial charge < -0.3 is 39.6 Å². The number of esters is 3. The summed E-state index contributed by atoms with van der Waals surface area (Å²) in [6.45, 7) is 9.76. The summed E-state index contributed by atoms with van der Waals surface area (Å²) in [4.78, 5) is 72.2. The van der Waals surface area contributed by atoms with Crippen LogP contribution in [0.1, 0.15) is 138 Å². The maximum Gasteiger partial charge on any atom is 0.338 e. The predicted molar refractivity (Wildman–Crippen MR) is 303 cm³/mol.